The van der Waals surface area contributed by atoms with Gasteiger partial charge in [-0.2, -0.15) is 0 Å². The molecule has 2 aromatic carbocycles. The van der Waals surface area contributed by atoms with Crippen LogP contribution in [0.2, 0.25) is 0 Å². The molecule has 0 amide bonds. The van der Waals surface area contributed by atoms with Gasteiger partial charge in [0.1, 0.15) is 16.5 Å². The van der Waals surface area contributed by atoms with Crippen LogP contribution in [0.4, 0.5) is 0 Å². The van der Waals surface area contributed by atoms with Gasteiger partial charge in [-0.1, -0.05) is 34.2 Å². The summed E-state index contributed by atoms with van der Waals surface area (Å²) in [6.45, 7) is 2.00. The molecule has 0 unspecified atom stereocenters. The third kappa shape index (κ3) is 3.34. The summed E-state index contributed by atoms with van der Waals surface area (Å²) in [5.74, 6) is 1.48. The van der Waals surface area contributed by atoms with Crippen LogP contribution in [-0.4, -0.2) is 11.2 Å². The summed E-state index contributed by atoms with van der Waals surface area (Å²) in [6, 6.07) is 11.7. The Morgan fingerprint density at radius 3 is 2.60 bits per heavy atom. The number of benzene rings is 2. The fraction of sp³-hybridized carbons (Fsp3) is 0.133. The summed E-state index contributed by atoms with van der Waals surface area (Å²) in [7, 11) is 0. The summed E-state index contributed by atoms with van der Waals surface area (Å²) in [4.78, 5) is 1.37. The van der Waals surface area contributed by atoms with E-state index in [0.29, 0.717) is 10.7 Å². The normalized spacial score (nSPS) is 10.3. The first kappa shape index (κ1) is 15.4. The van der Waals surface area contributed by atoms with E-state index < -0.39 is 0 Å². The largest absolute Gasteiger partial charge is 0.456 e. The summed E-state index contributed by atoms with van der Waals surface area (Å²) >= 11 is 10.2. The molecular weight excluding hydrogens is 354 g/mol. The quantitative estimate of drug-likeness (QED) is 0.615. The second-order valence-electron chi connectivity index (χ2n) is 4.21. The molecule has 0 aliphatic carbocycles. The van der Waals surface area contributed by atoms with Crippen LogP contribution in [0.5, 0.6) is 11.5 Å². The highest BCUT2D eigenvalue weighted by Gasteiger charge is 2.13. The number of nitrogens with two attached hydrogens (primary N) is 1. The number of thioether (sulfide) groups is 1. The molecule has 104 valence electrons. The zero-order valence-electron chi connectivity index (χ0n) is 11.1. The lowest BCUT2D eigenvalue weighted by atomic mass is 10.2. The Morgan fingerprint density at radius 1 is 1.25 bits per heavy atom. The molecule has 0 radical (unpaired) electrons. The van der Waals surface area contributed by atoms with E-state index in [0.717, 1.165) is 26.2 Å². The van der Waals surface area contributed by atoms with Gasteiger partial charge in [-0.05, 0) is 49.1 Å². The summed E-state index contributed by atoms with van der Waals surface area (Å²) in [5.41, 5.74) is 7.67. The van der Waals surface area contributed by atoms with Gasteiger partial charge in [0.05, 0.1) is 5.56 Å². The van der Waals surface area contributed by atoms with Crippen LogP contribution in [0, 0.1) is 6.92 Å². The van der Waals surface area contributed by atoms with Crippen molar-refractivity contribution in [3.05, 3.63) is 52.0 Å². The third-order valence-corrected chi connectivity index (χ3v) is 4.29. The lowest BCUT2D eigenvalue weighted by Crippen LogP contribution is -2.12. The predicted octanol–water partition coefficient (Wildman–Crippen LogP) is 4.91. The van der Waals surface area contributed by atoms with E-state index in [2.05, 4.69) is 15.9 Å². The average Bonchev–Trinajstić information content (AvgIpc) is 2.41. The van der Waals surface area contributed by atoms with Gasteiger partial charge in [-0.3, -0.25) is 0 Å². The first-order chi connectivity index (χ1) is 9.52. The molecule has 5 heteroatoms. The molecule has 0 aliphatic heterocycles. The van der Waals surface area contributed by atoms with Crippen molar-refractivity contribution in [3.63, 3.8) is 0 Å². The van der Waals surface area contributed by atoms with Crippen molar-refractivity contribution in [3.8, 4) is 11.5 Å². The van der Waals surface area contributed by atoms with Crippen LogP contribution >= 0.6 is 39.9 Å². The Morgan fingerprint density at radius 2 is 2.00 bits per heavy atom. The fourth-order valence-electron chi connectivity index (χ4n) is 1.85. The minimum Gasteiger partial charge on any atom is -0.456 e. The Bertz CT molecular complexity index is 658. The molecule has 2 aromatic rings. The molecule has 0 saturated carbocycles. The van der Waals surface area contributed by atoms with Crippen molar-refractivity contribution in [1.29, 1.82) is 0 Å². The SMILES string of the molecule is CSc1cccc(Oc2ccc(Br)cc2C)c1C(N)=S. The zero-order valence-corrected chi connectivity index (χ0v) is 14.4. The molecule has 2 nitrogen and oxygen atoms in total. The monoisotopic (exact) mass is 367 g/mol. The van der Waals surface area contributed by atoms with E-state index in [1.807, 2.05) is 49.6 Å². The van der Waals surface area contributed by atoms with E-state index >= 15 is 0 Å². The van der Waals surface area contributed by atoms with Crippen LogP contribution in [0.15, 0.2) is 45.8 Å². The molecule has 0 aliphatic rings. The highest BCUT2D eigenvalue weighted by atomic mass is 79.9. The van der Waals surface area contributed by atoms with Gasteiger partial charge in [0.25, 0.3) is 0 Å². The second kappa shape index (κ2) is 6.61. The summed E-state index contributed by atoms with van der Waals surface area (Å²) < 4.78 is 7.02. The van der Waals surface area contributed by atoms with Crippen LogP contribution in [-0.2, 0) is 0 Å². The van der Waals surface area contributed by atoms with Crippen LogP contribution in [0.3, 0.4) is 0 Å². The molecule has 0 heterocycles. The molecule has 20 heavy (non-hydrogen) atoms. The zero-order chi connectivity index (χ0) is 14.7. The van der Waals surface area contributed by atoms with Crippen molar-refractivity contribution in [2.45, 2.75) is 11.8 Å². The number of halogens is 1. The van der Waals surface area contributed by atoms with Crippen LogP contribution < -0.4 is 10.5 Å². The van der Waals surface area contributed by atoms with Crippen molar-refractivity contribution in [2.24, 2.45) is 5.73 Å². The van der Waals surface area contributed by atoms with Gasteiger partial charge in [0.15, 0.2) is 0 Å². The number of thiocarbonyl (C=S) groups is 1. The van der Waals surface area contributed by atoms with E-state index in [1.165, 1.54) is 0 Å². The number of hydrogen-bond donors (Lipinski definition) is 1. The Kier molecular flexibility index (Phi) is 5.07. The Hall–Kier alpha value is -1.04. The molecule has 0 atom stereocenters. The number of ether oxygens (including phenoxy) is 1. The van der Waals surface area contributed by atoms with Gasteiger partial charge in [0, 0.05) is 9.37 Å². The summed E-state index contributed by atoms with van der Waals surface area (Å²) in [6.07, 6.45) is 1.99. The minimum atomic E-state index is 0.347. The van der Waals surface area contributed by atoms with Gasteiger partial charge >= 0.3 is 0 Å². The summed E-state index contributed by atoms with van der Waals surface area (Å²) in [5, 5.41) is 0. The number of rotatable bonds is 4. The Balaban J connectivity index is 2.45. The van der Waals surface area contributed by atoms with Crippen molar-refractivity contribution in [2.75, 3.05) is 6.26 Å². The highest BCUT2D eigenvalue weighted by molar-refractivity contribution is 9.10. The molecule has 2 rings (SSSR count). The van der Waals surface area contributed by atoms with Crippen molar-refractivity contribution >= 4 is 44.9 Å². The maximum Gasteiger partial charge on any atom is 0.138 e. The number of hydrogen-bond acceptors (Lipinski definition) is 3. The lowest BCUT2D eigenvalue weighted by Gasteiger charge is -2.14. The first-order valence-corrected chi connectivity index (χ1v) is 8.36. The standard InChI is InChI=1S/C15H14BrNOS2/c1-9-8-10(16)6-7-11(9)18-12-4-3-5-13(20-2)14(12)15(17)19/h3-8H,1-2H3,(H2,17,19). The first-order valence-electron chi connectivity index (χ1n) is 5.93. The maximum atomic E-state index is 6.00. The van der Waals surface area contributed by atoms with E-state index in [1.54, 1.807) is 11.8 Å². The topological polar surface area (TPSA) is 35.2 Å². The third-order valence-electron chi connectivity index (χ3n) is 2.81. The van der Waals surface area contributed by atoms with Crippen LogP contribution in [0.25, 0.3) is 0 Å². The smallest absolute Gasteiger partial charge is 0.138 e. The minimum absolute atomic E-state index is 0.347. The lowest BCUT2D eigenvalue weighted by molar-refractivity contribution is 0.476. The van der Waals surface area contributed by atoms with Gasteiger partial charge < -0.3 is 10.5 Å². The van der Waals surface area contributed by atoms with E-state index in [4.69, 9.17) is 22.7 Å². The predicted molar refractivity (Wildman–Crippen MR) is 93.1 cm³/mol. The van der Waals surface area contributed by atoms with Gasteiger partial charge in [-0.15, -0.1) is 11.8 Å². The van der Waals surface area contributed by atoms with Crippen molar-refractivity contribution in [1.82, 2.24) is 0 Å². The van der Waals surface area contributed by atoms with Crippen molar-refractivity contribution < 1.29 is 4.74 Å². The number of aryl methyl sites for hydroxylation is 1. The van der Waals surface area contributed by atoms with Gasteiger partial charge in [0.2, 0.25) is 0 Å². The fourth-order valence-corrected chi connectivity index (χ4v) is 3.23. The average molecular weight is 368 g/mol. The second-order valence-corrected chi connectivity index (χ2v) is 6.41. The molecule has 0 saturated heterocycles. The van der Waals surface area contributed by atoms with Crippen LogP contribution in [0.1, 0.15) is 11.1 Å². The maximum absolute atomic E-state index is 6.00. The Labute approximate surface area is 136 Å². The molecule has 0 spiro atoms. The molecule has 0 fully saturated rings. The van der Waals surface area contributed by atoms with Gasteiger partial charge in [-0.25, -0.2) is 0 Å². The molecule has 0 bridgehead atoms. The van der Waals surface area contributed by atoms with E-state index in [-0.39, 0.29) is 0 Å². The highest BCUT2D eigenvalue weighted by Crippen LogP contribution is 2.33. The van der Waals surface area contributed by atoms with E-state index in [9.17, 15) is 0 Å². The molecule has 0 aromatic heterocycles. The molecular formula is C15H14BrNOS2. The molecule has 2 N–H and O–H groups in total.